The van der Waals surface area contributed by atoms with Gasteiger partial charge >= 0.3 is 6.18 Å². The molecule has 0 fully saturated rings. The van der Waals surface area contributed by atoms with Gasteiger partial charge in [-0.1, -0.05) is 0 Å². The van der Waals surface area contributed by atoms with E-state index in [1.54, 1.807) is 6.07 Å². The highest BCUT2D eigenvalue weighted by Gasteiger charge is 2.37. The fourth-order valence-electron chi connectivity index (χ4n) is 2.07. The lowest BCUT2D eigenvalue weighted by atomic mass is 10.2. The molecule has 3 aromatic heterocycles. The van der Waals surface area contributed by atoms with Crippen molar-refractivity contribution >= 4 is 11.5 Å². The number of hydrogen-bond acceptors (Lipinski definition) is 5. The van der Waals surface area contributed by atoms with Gasteiger partial charge in [-0.25, -0.2) is 0 Å². The molecular formula is C12H12F3N7. The summed E-state index contributed by atoms with van der Waals surface area (Å²) in [6.45, 7) is 4.12. The molecule has 0 bridgehead atoms. The normalized spacial score (nSPS) is 12.0. The molecule has 0 atom stereocenters. The molecule has 0 aromatic carbocycles. The van der Waals surface area contributed by atoms with Crippen LogP contribution in [0.1, 0.15) is 22.8 Å². The van der Waals surface area contributed by atoms with E-state index in [0.717, 1.165) is 17.0 Å². The minimum Gasteiger partial charge on any atom is -0.364 e. The van der Waals surface area contributed by atoms with Crippen LogP contribution in [-0.4, -0.2) is 30.0 Å². The molecule has 0 spiro atoms. The minimum absolute atomic E-state index is 0.0357. The van der Waals surface area contributed by atoms with Gasteiger partial charge in [-0.15, -0.1) is 15.3 Å². The molecule has 2 N–H and O–H groups in total. The third-order valence-electron chi connectivity index (χ3n) is 3.24. The van der Waals surface area contributed by atoms with Gasteiger partial charge in [0.15, 0.2) is 5.65 Å². The lowest BCUT2D eigenvalue weighted by Gasteiger charge is -2.07. The van der Waals surface area contributed by atoms with Crippen LogP contribution in [-0.2, 0) is 12.7 Å². The standard InChI is InChI=1S/C12H12F3N7/c1-6-8(7(2)18-17-6)5-16-9-3-4-10-19-20-11(12(13,14)15)22(10)21-9/h3-4H,5H2,1-2H3,(H,16,21)(H,17,18). The maximum Gasteiger partial charge on any atom is 0.453 e. The third-order valence-corrected chi connectivity index (χ3v) is 3.24. The van der Waals surface area contributed by atoms with Crippen LogP contribution in [0.4, 0.5) is 19.0 Å². The summed E-state index contributed by atoms with van der Waals surface area (Å²) in [5.74, 6) is -0.861. The van der Waals surface area contributed by atoms with Crippen molar-refractivity contribution in [1.82, 2.24) is 30.0 Å². The minimum atomic E-state index is -4.61. The molecule has 7 nitrogen and oxygen atoms in total. The quantitative estimate of drug-likeness (QED) is 0.774. The van der Waals surface area contributed by atoms with E-state index in [9.17, 15) is 13.2 Å². The smallest absolute Gasteiger partial charge is 0.364 e. The molecule has 0 aliphatic carbocycles. The van der Waals surface area contributed by atoms with Gasteiger partial charge in [0.05, 0.1) is 5.69 Å². The third kappa shape index (κ3) is 2.47. The fourth-order valence-corrected chi connectivity index (χ4v) is 2.07. The Morgan fingerprint density at radius 1 is 1.23 bits per heavy atom. The number of nitrogens with one attached hydrogen (secondary N) is 2. The zero-order valence-corrected chi connectivity index (χ0v) is 11.7. The van der Waals surface area contributed by atoms with Gasteiger partial charge < -0.3 is 5.32 Å². The number of fused-ring (bicyclic) bond motifs is 1. The van der Waals surface area contributed by atoms with E-state index in [1.165, 1.54) is 6.07 Å². The monoisotopic (exact) mass is 311 g/mol. The number of aryl methyl sites for hydroxylation is 2. The maximum absolute atomic E-state index is 12.8. The summed E-state index contributed by atoms with van der Waals surface area (Å²) < 4.78 is 39.1. The predicted molar refractivity (Wildman–Crippen MR) is 71.2 cm³/mol. The second-order valence-electron chi connectivity index (χ2n) is 4.78. The number of rotatable bonds is 3. The van der Waals surface area contributed by atoms with Crippen molar-refractivity contribution in [2.45, 2.75) is 26.6 Å². The number of aromatic nitrogens is 6. The zero-order valence-electron chi connectivity index (χ0n) is 11.7. The van der Waals surface area contributed by atoms with Crippen molar-refractivity contribution in [1.29, 1.82) is 0 Å². The summed E-state index contributed by atoms with van der Waals surface area (Å²) in [4.78, 5) is 0. The van der Waals surface area contributed by atoms with Crippen molar-refractivity contribution in [2.24, 2.45) is 0 Å². The summed E-state index contributed by atoms with van der Waals surface area (Å²) in [7, 11) is 0. The average molecular weight is 311 g/mol. The summed E-state index contributed by atoms with van der Waals surface area (Å²) in [5.41, 5.74) is 2.70. The number of halogens is 3. The zero-order chi connectivity index (χ0) is 15.9. The lowest BCUT2D eigenvalue weighted by Crippen LogP contribution is -2.13. The second-order valence-corrected chi connectivity index (χ2v) is 4.78. The van der Waals surface area contributed by atoms with E-state index in [0.29, 0.717) is 11.1 Å². The van der Waals surface area contributed by atoms with E-state index in [1.807, 2.05) is 13.8 Å². The number of hydrogen-bond donors (Lipinski definition) is 2. The number of nitrogens with zero attached hydrogens (tertiary/aromatic N) is 5. The Labute approximate surface area is 122 Å². The van der Waals surface area contributed by atoms with Crippen LogP contribution in [0.25, 0.3) is 5.65 Å². The van der Waals surface area contributed by atoms with E-state index in [-0.39, 0.29) is 11.5 Å². The molecule has 22 heavy (non-hydrogen) atoms. The van der Waals surface area contributed by atoms with Crippen LogP contribution in [0.5, 0.6) is 0 Å². The highest BCUT2D eigenvalue weighted by Crippen LogP contribution is 2.27. The lowest BCUT2D eigenvalue weighted by molar-refractivity contribution is -0.146. The Balaban J connectivity index is 1.89. The SMILES string of the molecule is Cc1n[nH]c(C)c1CNc1ccc2nnc(C(F)(F)F)n2n1. The van der Waals surface area contributed by atoms with E-state index in [2.05, 4.69) is 30.8 Å². The predicted octanol–water partition coefficient (Wildman–Crippen LogP) is 2.10. The number of alkyl halides is 3. The molecule has 10 heteroatoms. The molecule has 116 valence electrons. The van der Waals surface area contributed by atoms with E-state index < -0.39 is 12.0 Å². The Morgan fingerprint density at radius 3 is 2.64 bits per heavy atom. The van der Waals surface area contributed by atoms with E-state index >= 15 is 0 Å². The van der Waals surface area contributed by atoms with Crippen LogP contribution >= 0.6 is 0 Å². The second kappa shape index (κ2) is 4.97. The van der Waals surface area contributed by atoms with Gasteiger partial charge in [-0.05, 0) is 26.0 Å². The summed E-state index contributed by atoms with van der Waals surface area (Å²) in [5, 5.41) is 20.3. The molecule has 0 aliphatic heterocycles. The Bertz CT molecular complexity index is 798. The van der Waals surface area contributed by atoms with Crippen LogP contribution in [0, 0.1) is 13.8 Å². The largest absolute Gasteiger partial charge is 0.453 e. The topological polar surface area (TPSA) is 83.8 Å². The van der Waals surface area contributed by atoms with Gasteiger partial charge in [0.1, 0.15) is 5.82 Å². The summed E-state index contributed by atoms with van der Waals surface area (Å²) in [6, 6.07) is 2.97. The summed E-state index contributed by atoms with van der Waals surface area (Å²) >= 11 is 0. The maximum atomic E-state index is 12.8. The van der Waals surface area contributed by atoms with Crippen molar-refractivity contribution < 1.29 is 13.2 Å². The molecule has 0 saturated heterocycles. The first-order chi connectivity index (χ1) is 10.4. The van der Waals surface area contributed by atoms with Gasteiger partial charge in [0.2, 0.25) is 0 Å². The molecule has 0 unspecified atom stereocenters. The number of H-pyrrole nitrogens is 1. The van der Waals surface area contributed by atoms with Crippen molar-refractivity contribution in [3.8, 4) is 0 Å². The molecule has 0 aliphatic rings. The van der Waals surface area contributed by atoms with Crippen molar-refractivity contribution in [3.05, 3.63) is 34.9 Å². The highest BCUT2D eigenvalue weighted by molar-refractivity contribution is 5.44. The molecule has 0 radical (unpaired) electrons. The first-order valence-corrected chi connectivity index (χ1v) is 6.40. The molecule has 3 rings (SSSR count). The molecule has 0 saturated carbocycles. The van der Waals surface area contributed by atoms with Gasteiger partial charge in [-0.3, -0.25) is 5.10 Å². The van der Waals surface area contributed by atoms with Crippen LogP contribution in [0.3, 0.4) is 0 Å². The Kier molecular flexibility index (Phi) is 3.23. The Morgan fingerprint density at radius 2 is 2.00 bits per heavy atom. The van der Waals surface area contributed by atoms with Gasteiger partial charge in [0.25, 0.3) is 5.82 Å². The van der Waals surface area contributed by atoms with Gasteiger partial charge in [-0.2, -0.15) is 22.8 Å². The summed E-state index contributed by atoms with van der Waals surface area (Å²) in [6.07, 6.45) is -4.61. The van der Waals surface area contributed by atoms with Gasteiger partial charge in [0, 0.05) is 17.8 Å². The van der Waals surface area contributed by atoms with Crippen molar-refractivity contribution in [2.75, 3.05) is 5.32 Å². The van der Waals surface area contributed by atoms with Crippen LogP contribution in [0.15, 0.2) is 12.1 Å². The molecule has 3 aromatic rings. The first-order valence-electron chi connectivity index (χ1n) is 6.40. The number of anilines is 1. The molecule has 0 amide bonds. The highest BCUT2D eigenvalue weighted by atomic mass is 19.4. The van der Waals surface area contributed by atoms with E-state index in [4.69, 9.17) is 0 Å². The average Bonchev–Trinajstić information content (AvgIpc) is 3.00. The molecular weight excluding hydrogens is 299 g/mol. The van der Waals surface area contributed by atoms with Crippen LogP contribution < -0.4 is 5.32 Å². The first kappa shape index (κ1) is 14.3. The van der Waals surface area contributed by atoms with Crippen molar-refractivity contribution in [3.63, 3.8) is 0 Å². The number of aromatic amines is 1. The fraction of sp³-hybridized carbons (Fsp3) is 0.333. The molecule has 3 heterocycles. The Hall–Kier alpha value is -2.65. The van der Waals surface area contributed by atoms with Crippen LogP contribution in [0.2, 0.25) is 0 Å².